The third-order valence-corrected chi connectivity index (χ3v) is 2.71. The third kappa shape index (κ3) is 1.88. The number of halogens is 1. The number of furan rings is 1. The summed E-state index contributed by atoms with van der Waals surface area (Å²) < 4.78 is 26.8. The Balaban J connectivity index is 2.54. The van der Waals surface area contributed by atoms with Crippen LogP contribution in [0.1, 0.15) is 5.56 Å². The van der Waals surface area contributed by atoms with Crippen LogP contribution in [0.15, 0.2) is 29.0 Å². The fourth-order valence-corrected chi connectivity index (χ4v) is 2.13. The average Bonchev–Trinajstić information content (AvgIpc) is 2.47. The highest BCUT2D eigenvalue weighted by Gasteiger charge is 2.13. The summed E-state index contributed by atoms with van der Waals surface area (Å²) in [5.74, 6) is -0.265. The van der Waals surface area contributed by atoms with Crippen molar-refractivity contribution in [2.24, 2.45) is 0 Å². The molecule has 0 aromatic carbocycles. The number of rotatable bonds is 2. The van der Waals surface area contributed by atoms with Gasteiger partial charge in [-0.2, -0.15) is 0 Å². The maximum absolute atomic E-state index is 10.8. The molecular formula is C8H6ClNO3S. The zero-order chi connectivity index (χ0) is 10.2. The highest BCUT2D eigenvalue weighted by molar-refractivity contribution is 8.13. The van der Waals surface area contributed by atoms with Crippen LogP contribution >= 0.6 is 10.7 Å². The number of fused-ring (bicyclic) bond motifs is 1. The molecule has 0 saturated heterocycles. The van der Waals surface area contributed by atoms with Crippen molar-refractivity contribution in [3.05, 3.63) is 30.2 Å². The second-order valence-electron chi connectivity index (χ2n) is 2.79. The first-order chi connectivity index (χ1) is 6.56. The summed E-state index contributed by atoms with van der Waals surface area (Å²) >= 11 is 0. The highest BCUT2D eigenvalue weighted by atomic mass is 35.7. The van der Waals surface area contributed by atoms with Gasteiger partial charge in [0.15, 0.2) is 5.58 Å². The predicted octanol–water partition coefficient (Wildman–Crippen LogP) is 1.90. The number of hydrogen-bond acceptors (Lipinski definition) is 4. The van der Waals surface area contributed by atoms with Crippen LogP contribution in [-0.2, 0) is 14.8 Å². The SMILES string of the molecule is O=S(=O)(Cl)Cc1coc2cccnc12. The van der Waals surface area contributed by atoms with Crippen LogP contribution in [-0.4, -0.2) is 13.4 Å². The summed E-state index contributed by atoms with van der Waals surface area (Å²) in [4.78, 5) is 4.01. The van der Waals surface area contributed by atoms with Gasteiger partial charge in [0.1, 0.15) is 5.52 Å². The van der Waals surface area contributed by atoms with E-state index in [4.69, 9.17) is 15.1 Å². The van der Waals surface area contributed by atoms with E-state index >= 15 is 0 Å². The van der Waals surface area contributed by atoms with Crippen molar-refractivity contribution in [3.8, 4) is 0 Å². The molecule has 0 radical (unpaired) electrons. The maximum atomic E-state index is 10.8. The van der Waals surface area contributed by atoms with Crippen LogP contribution in [0, 0.1) is 0 Å². The van der Waals surface area contributed by atoms with Gasteiger partial charge in [0.25, 0.3) is 0 Å². The first kappa shape index (κ1) is 9.48. The first-order valence-corrected chi connectivity index (χ1v) is 6.27. The molecule has 0 bridgehead atoms. The van der Waals surface area contributed by atoms with E-state index in [1.54, 1.807) is 18.3 Å². The molecule has 0 aliphatic rings. The zero-order valence-corrected chi connectivity index (χ0v) is 8.55. The smallest absolute Gasteiger partial charge is 0.236 e. The molecule has 0 unspecified atom stereocenters. The summed E-state index contributed by atoms with van der Waals surface area (Å²) in [7, 11) is 1.56. The molecule has 2 heterocycles. The molecule has 0 atom stereocenters. The Bertz CT molecular complexity index is 561. The molecule has 2 rings (SSSR count). The standard InChI is InChI=1S/C8H6ClNO3S/c9-14(11,12)5-6-4-13-7-2-1-3-10-8(6)7/h1-4H,5H2. The number of nitrogens with zero attached hydrogens (tertiary/aromatic N) is 1. The second kappa shape index (κ2) is 3.25. The molecule has 0 amide bonds. The fraction of sp³-hybridized carbons (Fsp3) is 0.125. The predicted molar refractivity (Wildman–Crippen MR) is 52.5 cm³/mol. The van der Waals surface area contributed by atoms with E-state index in [1.807, 2.05) is 0 Å². The number of hydrogen-bond donors (Lipinski definition) is 0. The lowest BCUT2D eigenvalue weighted by molar-refractivity contribution is 0.602. The van der Waals surface area contributed by atoms with Gasteiger partial charge in [0.05, 0.1) is 12.0 Å². The fourth-order valence-electron chi connectivity index (χ4n) is 1.21. The lowest BCUT2D eigenvalue weighted by atomic mass is 10.3. The molecule has 6 heteroatoms. The molecule has 74 valence electrons. The quantitative estimate of drug-likeness (QED) is 0.741. The number of aromatic nitrogens is 1. The van der Waals surface area contributed by atoms with Gasteiger partial charge in [-0.25, -0.2) is 8.42 Å². The molecule has 4 nitrogen and oxygen atoms in total. The van der Waals surface area contributed by atoms with E-state index in [0.717, 1.165) is 0 Å². The Hall–Kier alpha value is -1.07. The average molecular weight is 232 g/mol. The summed E-state index contributed by atoms with van der Waals surface area (Å²) in [5.41, 5.74) is 1.58. The van der Waals surface area contributed by atoms with E-state index in [2.05, 4.69) is 4.98 Å². The molecule has 0 aliphatic heterocycles. The molecule has 0 N–H and O–H groups in total. The Morgan fingerprint density at radius 3 is 3.00 bits per heavy atom. The third-order valence-electron chi connectivity index (χ3n) is 1.73. The molecule has 0 aliphatic carbocycles. The van der Waals surface area contributed by atoms with E-state index in [0.29, 0.717) is 16.7 Å². The molecular weight excluding hydrogens is 226 g/mol. The van der Waals surface area contributed by atoms with Crippen molar-refractivity contribution in [1.82, 2.24) is 4.98 Å². The summed E-state index contributed by atoms with van der Waals surface area (Å²) in [6, 6.07) is 3.43. The Labute approximate surface area is 84.9 Å². The van der Waals surface area contributed by atoms with Crippen molar-refractivity contribution in [1.29, 1.82) is 0 Å². The van der Waals surface area contributed by atoms with Crippen molar-refractivity contribution in [3.63, 3.8) is 0 Å². The minimum atomic E-state index is -3.57. The van der Waals surface area contributed by atoms with Crippen LogP contribution < -0.4 is 0 Å². The number of pyridine rings is 1. The van der Waals surface area contributed by atoms with Gasteiger partial charge in [-0.3, -0.25) is 4.98 Å². The first-order valence-electron chi connectivity index (χ1n) is 3.80. The molecule has 0 fully saturated rings. The van der Waals surface area contributed by atoms with E-state index < -0.39 is 9.05 Å². The van der Waals surface area contributed by atoms with Crippen LogP contribution in [0.4, 0.5) is 0 Å². The summed E-state index contributed by atoms with van der Waals surface area (Å²) in [5, 5.41) is 0. The highest BCUT2D eigenvalue weighted by Crippen LogP contribution is 2.21. The van der Waals surface area contributed by atoms with Crippen LogP contribution in [0.5, 0.6) is 0 Å². The molecule has 0 spiro atoms. The molecule has 2 aromatic rings. The normalized spacial score (nSPS) is 12.1. The van der Waals surface area contributed by atoms with Gasteiger partial charge >= 0.3 is 0 Å². The van der Waals surface area contributed by atoms with Gasteiger partial charge in [-0.15, -0.1) is 0 Å². The van der Waals surface area contributed by atoms with E-state index in [-0.39, 0.29) is 5.75 Å². The van der Waals surface area contributed by atoms with Crippen molar-refractivity contribution < 1.29 is 12.8 Å². The van der Waals surface area contributed by atoms with Gasteiger partial charge in [0, 0.05) is 22.4 Å². The topological polar surface area (TPSA) is 60.2 Å². The molecule has 2 aromatic heterocycles. The van der Waals surface area contributed by atoms with Gasteiger partial charge < -0.3 is 4.42 Å². The Kier molecular flexibility index (Phi) is 2.20. The van der Waals surface area contributed by atoms with E-state index in [9.17, 15) is 8.42 Å². The molecule has 14 heavy (non-hydrogen) atoms. The lowest BCUT2D eigenvalue weighted by Gasteiger charge is -1.91. The second-order valence-corrected chi connectivity index (χ2v) is 5.57. The Morgan fingerprint density at radius 1 is 1.50 bits per heavy atom. The van der Waals surface area contributed by atoms with Crippen molar-refractivity contribution >= 4 is 30.8 Å². The van der Waals surface area contributed by atoms with Crippen molar-refractivity contribution in [2.45, 2.75) is 5.75 Å². The van der Waals surface area contributed by atoms with Gasteiger partial charge in [-0.1, -0.05) is 0 Å². The minimum absolute atomic E-state index is 0.265. The zero-order valence-electron chi connectivity index (χ0n) is 6.97. The largest absolute Gasteiger partial charge is 0.462 e. The maximum Gasteiger partial charge on any atom is 0.236 e. The van der Waals surface area contributed by atoms with Crippen molar-refractivity contribution in [2.75, 3.05) is 0 Å². The summed E-state index contributed by atoms with van der Waals surface area (Å²) in [6.07, 6.45) is 2.93. The molecule has 0 saturated carbocycles. The summed E-state index contributed by atoms with van der Waals surface area (Å²) in [6.45, 7) is 0. The van der Waals surface area contributed by atoms with Crippen LogP contribution in [0.3, 0.4) is 0 Å². The lowest BCUT2D eigenvalue weighted by Crippen LogP contribution is -1.94. The monoisotopic (exact) mass is 231 g/mol. The van der Waals surface area contributed by atoms with Crippen LogP contribution in [0.25, 0.3) is 11.1 Å². The van der Waals surface area contributed by atoms with E-state index in [1.165, 1.54) is 6.26 Å². The van der Waals surface area contributed by atoms with Crippen LogP contribution in [0.2, 0.25) is 0 Å². The Morgan fingerprint density at radius 2 is 2.29 bits per heavy atom. The van der Waals surface area contributed by atoms with Gasteiger partial charge in [0.2, 0.25) is 9.05 Å². The van der Waals surface area contributed by atoms with Gasteiger partial charge in [-0.05, 0) is 12.1 Å². The minimum Gasteiger partial charge on any atom is -0.462 e.